The lowest BCUT2D eigenvalue weighted by molar-refractivity contribution is -0.134. The predicted molar refractivity (Wildman–Crippen MR) is 78.1 cm³/mol. The summed E-state index contributed by atoms with van der Waals surface area (Å²) in [6.45, 7) is 2.81. The molecule has 1 saturated heterocycles. The summed E-state index contributed by atoms with van der Waals surface area (Å²) in [7, 11) is 3.66. The van der Waals surface area contributed by atoms with Crippen LogP contribution in [0.1, 0.15) is 18.4 Å². The summed E-state index contributed by atoms with van der Waals surface area (Å²) in [5.41, 5.74) is 1.17. The maximum atomic E-state index is 11.9. The second-order valence-electron chi connectivity index (χ2n) is 5.37. The van der Waals surface area contributed by atoms with E-state index in [0.29, 0.717) is 0 Å². The molecule has 2 rings (SSSR count). The second-order valence-corrected chi connectivity index (χ2v) is 5.78. The SMILES string of the molecule is CN(C)C(=O)C1CCN(Cc2ccccc2Cl)CC1. The van der Waals surface area contributed by atoms with Gasteiger partial charge in [-0.25, -0.2) is 0 Å². The van der Waals surface area contributed by atoms with Crippen LogP contribution in [0.25, 0.3) is 0 Å². The van der Waals surface area contributed by atoms with Crippen molar-refractivity contribution in [1.29, 1.82) is 0 Å². The van der Waals surface area contributed by atoms with Gasteiger partial charge in [0.05, 0.1) is 0 Å². The maximum Gasteiger partial charge on any atom is 0.225 e. The average molecular weight is 281 g/mol. The number of hydrogen-bond acceptors (Lipinski definition) is 2. The molecule has 1 heterocycles. The molecule has 1 aliphatic rings. The van der Waals surface area contributed by atoms with Crippen LogP contribution in [0, 0.1) is 5.92 Å². The first-order valence-electron chi connectivity index (χ1n) is 6.75. The summed E-state index contributed by atoms with van der Waals surface area (Å²) >= 11 is 6.18. The van der Waals surface area contributed by atoms with Gasteiger partial charge in [0.1, 0.15) is 0 Å². The van der Waals surface area contributed by atoms with Gasteiger partial charge in [0.25, 0.3) is 0 Å². The van der Waals surface area contributed by atoms with Gasteiger partial charge in [-0.1, -0.05) is 29.8 Å². The quantitative estimate of drug-likeness (QED) is 0.850. The molecule has 0 radical (unpaired) electrons. The molecule has 1 aromatic rings. The summed E-state index contributed by atoms with van der Waals surface area (Å²) in [5.74, 6) is 0.454. The molecule has 0 spiro atoms. The molecule has 0 saturated carbocycles. The predicted octanol–water partition coefficient (Wildman–Crippen LogP) is 2.64. The summed E-state index contributed by atoms with van der Waals surface area (Å²) in [4.78, 5) is 16.0. The van der Waals surface area contributed by atoms with Crippen LogP contribution in [0.5, 0.6) is 0 Å². The largest absolute Gasteiger partial charge is 0.349 e. The Labute approximate surface area is 120 Å². The van der Waals surface area contributed by atoms with E-state index in [1.165, 1.54) is 5.56 Å². The van der Waals surface area contributed by atoms with Gasteiger partial charge in [0.15, 0.2) is 0 Å². The third kappa shape index (κ3) is 3.71. The molecule has 19 heavy (non-hydrogen) atoms. The van der Waals surface area contributed by atoms with Crippen molar-refractivity contribution in [1.82, 2.24) is 9.80 Å². The fraction of sp³-hybridized carbons (Fsp3) is 0.533. The van der Waals surface area contributed by atoms with Crippen LogP contribution in [-0.2, 0) is 11.3 Å². The summed E-state index contributed by atoms with van der Waals surface area (Å²) in [5, 5.41) is 0.828. The van der Waals surface area contributed by atoms with Crippen LogP contribution in [0.3, 0.4) is 0 Å². The number of hydrogen-bond donors (Lipinski definition) is 0. The zero-order valence-electron chi connectivity index (χ0n) is 11.6. The summed E-state index contributed by atoms with van der Waals surface area (Å²) in [6.07, 6.45) is 1.89. The Morgan fingerprint density at radius 2 is 1.95 bits per heavy atom. The molecule has 104 valence electrons. The van der Waals surface area contributed by atoms with Gasteiger partial charge < -0.3 is 4.90 Å². The van der Waals surface area contributed by atoms with Crippen LogP contribution >= 0.6 is 11.6 Å². The van der Waals surface area contributed by atoms with E-state index in [0.717, 1.165) is 37.5 Å². The molecule has 1 amide bonds. The van der Waals surface area contributed by atoms with Gasteiger partial charge in [-0.05, 0) is 37.6 Å². The average Bonchev–Trinajstić information content (AvgIpc) is 2.41. The number of piperidine rings is 1. The van der Waals surface area contributed by atoms with E-state index in [1.54, 1.807) is 4.90 Å². The van der Waals surface area contributed by atoms with Crippen molar-refractivity contribution in [2.75, 3.05) is 27.2 Å². The van der Waals surface area contributed by atoms with Crippen LogP contribution in [0.2, 0.25) is 5.02 Å². The number of amides is 1. The van der Waals surface area contributed by atoms with Crippen molar-refractivity contribution in [3.05, 3.63) is 34.9 Å². The summed E-state index contributed by atoms with van der Waals surface area (Å²) < 4.78 is 0. The minimum absolute atomic E-state index is 0.192. The molecular weight excluding hydrogens is 260 g/mol. The Morgan fingerprint density at radius 3 is 2.53 bits per heavy atom. The lowest BCUT2D eigenvalue weighted by atomic mass is 9.95. The van der Waals surface area contributed by atoms with E-state index in [1.807, 2.05) is 32.3 Å². The molecule has 4 heteroatoms. The molecule has 0 aliphatic carbocycles. The van der Waals surface area contributed by atoms with Gasteiger partial charge in [-0.3, -0.25) is 9.69 Å². The summed E-state index contributed by atoms with van der Waals surface area (Å²) in [6, 6.07) is 7.97. The Hall–Kier alpha value is -1.06. The molecule has 3 nitrogen and oxygen atoms in total. The molecule has 1 fully saturated rings. The van der Waals surface area contributed by atoms with E-state index < -0.39 is 0 Å². The lowest BCUT2D eigenvalue weighted by Crippen LogP contribution is -2.39. The van der Waals surface area contributed by atoms with Crippen molar-refractivity contribution in [3.63, 3.8) is 0 Å². The molecule has 0 aromatic heterocycles. The standard InChI is InChI=1S/C15H21ClN2O/c1-17(2)15(19)12-7-9-18(10-8-12)11-13-5-3-4-6-14(13)16/h3-6,12H,7-11H2,1-2H3. The van der Waals surface area contributed by atoms with Crippen LogP contribution < -0.4 is 0 Å². The number of halogens is 1. The third-order valence-electron chi connectivity index (χ3n) is 3.73. The van der Waals surface area contributed by atoms with Gasteiger partial charge in [-0.2, -0.15) is 0 Å². The van der Waals surface area contributed by atoms with Crippen molar-refractivity contribution in [2.24, 2.45) is 5.92 Å². The molecule has 0 atom stereocenters. The molecule has 0 bridgehead atoms. The van der Waals surface area contributed by atoms with Gasteiger partial charge >= 0.3 is 0 Å². The highest BCUT2D eigenvalue weighted by molar-refractivity contribution is 6.31. The van der Waals surface area contributed by atoms with Gasteiger partial charge in [-0.15, -0.1) is 0 Å². The molecule has 0 N–H and O–H groups in total. The number of benzene rings is 1. The highest BCUT2D eigenvalue weighted by Crippen LogP contribution is 2.23. The lowest BCUT2D eigenvalue weighted by Gasteiger charge is -2.32. The molecule has 0 unspecified atom stereocenters. The first-order valence-corrected chi connectivity index (χ1v) is 7.12. The number of rotatable bonds is 3. The van der Waals surface area contributed by atoms with Gasteiger partial charge in [0, 0.05) is 31.6 Å². The minimum atomic E-state index is 0.192. The fourth-order valence-electron chi connectivity index (χ4n) is 2.57. The van der Waals surface area contributed by atoms with E-state index >= 15 is 0 Å². The van der Waals surface area contributed by atoms with Crippen molar-refractivity contribution in [2.45, 2.75) is 19.4 Å². The van der Waals surface area contributed by atoms with Crippen molar-refractivity contribution in [3.8, 4) is 0 Å². The number of likely N-dealkylation sites (tertiary alicyclic amines) is 1. The Bertz CT molecular complexity index is 440. The van der Waals surface area contributed by atoms with E-state index in [2.05, 4.69) is 11.0 Å². The Balaban J connectivity index is 1.87. The number of carbonyl (C=O) groups excluding carboxylic acids is 1. The van der Waals surface area contributed by atoms with E-state index in [4.69, 9.17) is 11.6 Å². The first-order chi connectivity index (χ1) is 9.08. The molecule has 1 aliphatic heterocycles. The zero-order chi connectivity index (χ0) is 13.8. The monoisotopic (exact) mass is 280 g/mol. The van der Waals surface area contributed by atoms with Crippen LogP contribution in [-0.4, -0.2) is 42.9 Å². The van der Waals surface area contributed by atoms with E-state index in [-0.39, 0.29) is 11.8 Å². The van der Waals surface area contributed by atoms with Gasteiger partial charge in [0.2, 0.25) is 5.91 Å². The van der Waals surface area contributed by atoms with E-state index in [9.17, 15) is 4.79 Å². The molecular formula is C15H21ClN2O. The maximum absolute atomic E-state index is 11.9. The normalized spacial score (nSPS) is 17.4. The van der Waals surface area contributed by atoms with Crippen LogP contribution in [0.15, 0.2) is 24.3 Å². The second kappa shape index (κ2) is 6.40. The first kappa shape index (κ1) is 14.4. The highest BCUT2D eigenvalue weighted by atomic mass is 35.5. The molecule has 1 aromatic carbocycles. The fourth-order valence-corrected chi connectivity index (χ4v) is 2.77. The Morgan fingerprint density at radius 1 is 1.32 bits per heavy atom. The van der Waals surface area contributed by atoms with Crippen molar-refractivity contribution < 1.29 is 4.79 Å². The topological polar surface area (TPSA) is 23.6 Å². The highest BCUT2D eigenvalue weighted by Gasteiger charge is 2.26. The van der Waals surface area contributed by atoms with Crippen molar-refractivity contribution >= 4 is 17.5 Å². The Kier molecular flexibility index (Phi) is 4.83. The third-order valence-corrected chi connectivity index (χ3v) is 4.10. The number of nitrogens with zero attached hydrogens (tertiary/aromatic N) is 2. The smallest absolute Gasteiger partial charge is 0.225 e. The zero-order valence-corrected chi connectivity index (χ0v) is 12.4. The minimum Gasteiger partial charge on any atom is -0.349 e. The number of carbonyl (C=O) groups is 1. The van der Waals surface area contributed by atoms with Crippen LogP contribution in [0.4, 0.5) is 0 Å².